The molecule has 4 rings (SSSR count). The van der Waals surface area contributed by atoms with E-state index < -0.39 is 17.6 Å². The van der Waals surface area contributed by atoms with Gasteiger partial charge in [0.2, 0.25) is 6.41 Å². The van der Waals surface area contributed by atoms with Crippen molar-refractivity contribution in [3.8, 4) is 11.1 Å². The molecule has 0 aliphatic heterocycles. The second-order valence-electron chi connectivity index (χ2n) is 8.53. The number of benzene rings is 3. The van der Waals surface area contributed by atoms with Crippen molar-refractivity contribution in [3.63, 3.8) is 0 Å². The Hall–Kier alpha value is -4.04. The van der Waals surface area contributed by atoms with E-state index in [4.69, 9.17) is 11.6 Å². The smallest absolute Gasteiger partial charge is 0.335 e. The van der Waals surface area contributed by atoms with Crippen LogP contribution >= 0.6 is 11.6 Å². The number of anilines is 2. The highest BCUT2D eigenvalue weighted by molar-refractivity contribution is 6.30. The van der Waals surface area contributed by atoms with E-state index in [1.54, 1.807) is 54.2 Å². The summed E-state index contributed by atoms with van der Waals surface area (Å²) in [5, 5.41) is 6.23. The van der Waals surface area contributed by atoms with Gasteiger partial charge in [0, 0.05) is 35.3 Å². The summed E-state index contributed by atoms with van der Waals surface area (Å²) in [5.41, 5.74) is 2.59. The van der Waals surface area contributed by atoms with Crippen LogP contribution in [0.3, 0.4) is 0 Å². The molecule has 1 atom stereocenters. The minimum absolute atomic E-state index is 0.221. The Morgan fingerprint density at radius 2 is 1.65 bits per heavy atom. The third-order valence-electron chi connectivity index (χ3n) is 6.16. The Labute approximate surface area is 216 Å². The van der Waals surface area contributed by atoms with Gasteiger partial charge >= 0.3 is 6.18 Å². The number of alkyl halides is 3. The molecule has 0 spiro atoms. The zero-order valence-electron chi connectivity index (χ0n) is 19.9. The second-order valence-corrected chi connectivity index (χ2v) is 8.96. The van der Waals surface area contributed by atoms with Crippen LogP contribution in [0.2, 0.25) is 5.02 Å². The van der Waals surface area contributed by atoms with Gasteiger partial charge in [0.15, 0.2) is 0 Å². The Kier molecular flexibility index (Phi) is 7.40. The van der Waals surface area contributed by atoms with Crippen molar-refractivity contribution in [1.82, 2.24) is 4.57 Å². The third kappa shape index (κ3) is 5.54. The lowest BCUT2D eigenvalue weighted by molar-refractivity contribution is -0.137. The molecule has 4 aromatic rings. The molecule has 0 bridgehead atoms. The fraction of sp³-hybridized carbons (Fsp3) is 0.143. The maximum Gasteiger partial charge on any atom is 0.416 e. The van der Waals surface area contributed by atoms with Crippen molar-refractivity contribution in [2.24, 2.45) is 7.05 Å². The van der Waals surface area contributed by atoms with Crippen LogP contribution in [0, 0.1) is 0 Å². The van der Waals surface area contributed by atoms with Crippen molar-refractivity contribution in [2.45, 2.75) is 19.0 Å². The van der Waals surface area contributed by atoms with E-state index in [0.29, 0.717) is 45.2 Å². The summed E-state index contributed by atoms with van der Waals surface area (Å²) in [7, 11) is 1.75. The summed E-state index contributed by atoms with van der Waals surface area (Å²) in [6.07, 6.45) is -2.18. The molecule has 3 aromatic carbocycles. The van der Waals surface area contributed by atoms with Gasteiger partial charge in [0.1, 0.15) is 5.82 Å². The fourth-order valence-corrected chi connectivity index (χ4v) is 4.42. The Morgan fingerprint density at radius 3 is 2.27 bits per heavy atom. The van der Waals surface area contributed by atoms with Gasteiger partial charge in [-0.2, -0.15) is 13.2 Å². The van der Waals surface area contributed by atoms with E-state index in [2.05, 4.69) is 10.6 Å². The Bertz CT molecular complexity index is 1430. The third-order valence-corrected chi connectivity index (χ3v) is 6.41. The average molecular weight is 526 g/mol. The monoisotopic (exact) mass is 525 g/mol. The van der Waals surface area contributed by atoms with Gasteiger partial charge in [0.05, 0.1) is 11.3 Å². The molecule has 2 amide bonds. The molecule has 2 N–H and O–H groups in total. The number of aromatic nitrogens is 1. The first-order valence-corrected chi connectivity index (χ1v) is 11.7. The zero-order valence-corrected chi connectivity index (χ0v) is 20.7. The Balaban J connectivity index is 1.71. The predicted molar refractivity (Wildman–Crippen MR) is 139 cm³/mol. The normalized spacial score (nSPS) is 12.2. The van der Waals surface area contributed by atoms with Gasteiger partial charge in [-0.05, 0) is 47.0 Å². The van der Waals surface area contributed by atoms with E-state index in [9.17, 15) is 22.8 Å². The topological polar surface area (TPSA) is 63.1 Å². The van der Waals surface area contributed by atoms with Gasteiger partial charge in [-0.15, -0.1) is 0 Å². The molecular formula is C28H23ClF3N3O2. The minimum Gasteiger partial charge on any atom is -0.335 e. The van der Waals surface area contributed by atoms with Crippen molar-refractivity contribution in [2.75, 3.05) is 10.6 Å². The van der Waals surface area contributed by atoms with Crippen LogP contribution in [-0.2, 0) is 18.0 Å². The molecule has 1 aromatic heterocycles. The summed E-state index contributed by atoms with van der Waals surface area (Å²) in [5.74, 6) is -0.145. The highest BCUT2D eigenvalue weighted by atomic mass is 35.5. The van der Waals surface area contributed by atoms with Crippen LogP contribution in [0.4, 0.5) is 24.7 Å². The number of hydrogen-bond donors (Lipinski definition) is 2. The van der Waals surface area contributed by atoms with Gasteiger partial charge in [0.25, 0.3) is 5.91 Å². The van der Waals surface area contributed by atoms with Crippen molar-refractivity contribution < 1.29 is 22.8 Å². The molecule has 37 heavy (non-hydrogen) atoms. The van der Waals surface area contributed by atoms with Crippen LogP contribution in [0.1, 0.15) is 39.9 Å². The quantitative estimate of drug-likeness (QED) is 0.248. The number of hydrogen-bond acceptors (Lipinski definition) is 2. The lowest BCUT2D eigenvalue weighted by atomic mass is 9.93. The number of carbonyl (C=O) groups excluding carboxylic acids is 2. The molecule has 190 valence electrons. The maximum absolute atomic E-state index is 13.5. The molecule has 0 aliphatic rings. The van der Waals surface area contributed by atoms with E-state index in [-0.39, 0.29) is 5.92 Å². The number of halogens is 4. The number of nitrogens with one attached hydrogen (secondary N) is 2. The highest BCUT2D eigenvalue weighted by Gasteiger charge is 2.30. The molecule has 1 heterocycles. The van der Waals surface area contributed by atoms with Gasteiger partial charge in [-0.1, -0.05) is 61.0 Å². The molecular weight excluding hydrogens is 503 g/mol. The first kappa shape index (κ1) is 26.0. The summed E-state index contributed by atoms with van der Waals surface area (Å²) < 4.78 is 40.7. The molecule has 0 saturated heterocycles. The predicted octanol–water partition coefficient (Wildman–Crippen LogP) is 7.34. The number of nitrogens with zero attached hydrogens (tertiary/aromatic N) is 1. The first-order valence-electron chi connectivity index (χ1n) is 11.3. The number of rotatable bonds is 7. The van der Waals surface area contributed by atoms with E-state index >= 15 is 0 Å². The standard InChI is InChI=1S/C28H23ClF3N3O2/c1-17(18-9-13-21(29)14-10-18)25-24(15-35(2)26(25)33-16-36)34-27(37)23-6-4-3-5-22(23)19-7-11-20(12-8-19)28(30,31)32/h3-17H,1-2H3,(H,33,36)(H,34,37). The Morgan fingerprint density at radius 1 is 1.00 bits per heavy atom. The fourth-order valence-electron chi connectivity index (χ4n) is 4.30. The number of aryl methyl sites for hydroxylation is 1. The first-order chi connectivity index (χ1) is 17.6. The molecule has 0 radical (unpaired) electrons. The second kappa shape index (κ2) is 10.5. The van der Waals surface area contributed by atoms with Crippen LogP contribution in [0.25, 0.3) is 11.1 Å². The molecule has 0 fully saturated rings. The van der Waals surface area contributed by atoms with Gasteiger partial charge in [-0.25, -0.2) is 0 Å². The van der Waals surface area contributed by atoms with E-state index in [0.717, 1.165) is 17.7 Å². The lowest BCUT2D eigenvalue weighted by Crippen LogP contribution is -2.15. The maximum atomic E-state index is 13.5. The minimum atomic E-state index is -4.45. The molecule has 9 heteroatoms. The largest absolute Gasteiger partial charge is 0.416 e. The van der Waals surface area contributed by atoms with Crippen LogP contribution in [0.15, 0.2) is 79.0 Å². The van der Waals surface area contributed by atoms with Crippen molar-refractivity contribution in [3.05, 3.63) is 106 Å². The molecule has 5 nitrogen and oxygen atoms in total. The SMILES string of the molecule is CC(c1ccc(Cl)cc1)c1c(NC(=O)c2ccccc2-c2ccc(C(F)(F)F)cc2)cn(C)c1NC=O. The molecule has 0 saturated carbocycles. The van der Waals surface area contributed by atoms with E-state index in [1.807, 2.05) is 19.1 Å². The lowest BCUT2D eigenvalue weighted by Gasteiger charge is -2.17. The number of amides is 2. The summed E-state index contributed by atoms with van der Waals surface area (Å²) in [4.78, 5) is 24.8. The zero-order chi connectivity index (χ0) is 26.7. The average Bonchev–Trinajstić information content (AvgIpc) is 3.18. The summed E-state index contributed by atoms with van der Waals surface area (Å²) in [6.45, 7) is 1.94. The van der Waals surface area contributed by atoms with Crippen LogP contribution in [-0.4, -0.2) is 16.9 Å². The van der Waals surface area contributed by atoms with Crippen LogP contribution in [0.5, 0.6) is 0 Å². The van der Waals surface area contributed by atoms with E-state index in [1.165, 1.54) is 12.1 Å². The highest BCUT2D eigenvalue weighted by Crippen LogP contribution is 2.38. The summed E-state index contributed by atoms with van der Waals surface area (Å²) in [6, 6.07) is 18.6. The van der Waals surface area contributed by atoms with Crippen molar-refractivity contribution >= 4 is 35.4 Å². The summed E-state index contributed by atoms with van der Waals surface area (Å²) >= 11 is 6.04. The van der Waals surface area contributed by atoms with Crippen molar-refractivity contribution in [1.29, 1.82) is 0 Å². The molecule has 0 aliphatic carbocycles. The van der Waals surface area contributed by atoms with Gasteiger partial charge < -0.3 is 15.2 Å². The molecule has 1 unspecified atom stereocenters. The van der Waals surface area contributed by atoms with Gasteiger partial charge in [-0.3, -0.25) is 9.59 Å². The number of carbonyl (C=O) groups is 2. The van der Waals surface area contributed by atoms with Crippen LogP contribution < -0.4 is 10.6 Å².